The summed E-state index contributed by atoms with van der Waals surface area (Å²) in [5, 5.41) is 2.67. The Morgan fingerprint density at radius 2 is 1.53 bits per heavy atom. The summed E-state index contributed by atoms with van der Waals surface area (Å²) in [6, 6.07) is 11.7. The summed E-state index contributed by atoms with van der Waals surface area (Å²) in [6.45, 7) is 1.89. The van der Waals surface area contributed by atoms with E-state index in [2.05, 4.69) is 5.32 Å². The monoisotopic (exact) mass is 512 g/mol. The van der Waals surface area contributed by atoms with Crippen LogP contribution in [0.1, 0.15) is 16.8 Å². The number of hydrogen-bond donors (Lipinski definition) is 1. The van der Waals surface area contributed by atoms with Gasteiger partial charge in [0, 0.05) is 58.1 Å². The van der Waals surface area contributed by atoms with Crippen LogP contribution >= 0.6 is 0 Å². The average molecular weight is 513 g/mol. The molecule has 1 saturated heterocycles. The molecule has 34 heavy (non-hydrogen) atoms. The van der Waals surface area contributed by atoms with Gasteiger partial charge in [0.2, 0.25) is 20.0 Å². The lowest BCUT2D eigenvalue weighted by molar-refractivity contribution is 0.0953. The van der Waals surface area contributed by atoms with Gasteiger partial charge in [-0.15, -0.1) is 0 Å². The summed E-state index contributed by atoms with van der Waals surface area (Å²) in [7, 11) is -4.19. The molecule has 186 valence electrons. The predicted molar refractivity (Wildman–Crippen MR) is 128 cm³/mol. The van der Waals surface area contributed by atoms with Crippen molar-refractivity contribution in [3.63, 3.8) is 0 Å². The molecule has 1 N–H and O–H groups in total. The standard InChI is InChI=1S/C22H29FN4O5S2/c1-25(2)34(31,32)21-10-4-18(5-11-21)22(28)24-12-3-17-33(29,30)27-15-13-26(14-16-27)20-8-6-19(23)7-9-20/h4-11H,3,12-17H2,1-2H3,(H,24,28). The third-order valence-corrected chi connectivity index (χ3v) is 9.37. The van der Waals surface area contributed by atoms with E-state index in [1.54, 1.807) is 12.1 Å². The molecule has 9 nitrogen and oxygen atoms in total. The minimum absolute atomic E-state index is 0.0830. The molecule has 1 aliphatic rings. The molecule has 0 saturated carbocycles. The highest BCUT2D eigenvalue weighted by molar-refractivity contribution is 7.89. The maximum atomic E-state index is 13.1. The molecular formula is C22H29FN4O5S2. The number of piperazine rings is 1. The van der Waals surface area contributed by atoms with Crippen molar-refractivity contribution in [2.75, 3.05) is 57.5 Å². The Labute approximate surface area is 200 Å². The Morgan fingerprint density at radius 3 is 2.09 bits per heavy atom. The molecule has 0 aliphatic carbocycles. The third kappa shape index (κ3) is 6.32. The lowest BCUT2D eigenvalue weighted by atomic mass is 10.2. The minimum Gasteiger partial charge on any atom is -0.369 e. The van der Waals surface area contributed by atoms with Gasteiger partial charge in [0.1, 0.15) is 5.82 Å². The number of carbonyl (C=O) groups excluding carboxylic acids is 1. The molecule has 0 spiro atoms. The van der Waals surface area contributed by atoms with Crippen LogP contribution in [-0.4, -0.2) is 83.9 Å². The molecule has 12 heteroatoms. The minimum atomic E-state index is -3.58. The second-order valence-electron chi connectivity index (χ2n) is 8.10. The van der Waals surface area contributed by atoms with Crippen molar-refractivity contribution in [3.8, 4) is 0 Å². The van der Waals surface area contributed by atoms with E-state index in [0.717, 1.165) is 9.99 Å². The van der Waals surface area contributed by atoms with Crippen molar-refractivity contribution in [2.24, 2.45) is 0 Å². The maximum absolute atomic E-state index is 13.1. The molecule has 0 unspecified atom stereocenters. The highest BCUT2D eigenvalue weighted by Gasteiger charge is 2.26. The fourth-order valence-corrected chi connectivity index (χ4v) is 5.94. The van der Waals surface area contributed by atoms with Gasteiger partial charge in [-0.25, -0.2) is 25.5 Å². The molecule has 0 bridgehead atoms. The van der Waals surface area contributed by atoms with Crippen LogP contribution in [-0.2, 0) is 20.0 Å². The second-order valence-corrected chi connectivity index (χ2v) is 12.3. The fraction of sp³-hybridized carbons (Fsp3) is 0.409. The number of sulfonamides is 2. The number of carbonyl (C=O) groups is 1. The van der Waals surface area contributed by atoms with Crippen LogP contribution in [0.3, 0.4) is 0 Å². The fourth-order valence-electron chi connectivity index (χ4n) is 3.55. The van der Waals surface area contributed by atoms with E-state index >= 15 is 0 Å². The molecular weight excluding hydrogens is 483 g/mol. The van der Waals surface area contributed by atoms with Crippen molar-refractivity contribution in [2.45, 2.75) is 11.3 Å². The summed E-state index contributed by atoms with van der Waals surface area (Å²) in [5.74, 6) is -0.811. The number of amides is 1. The molecule has 3 rings (SSSR count). The van der Waals surface area contributed by atoms with Crippen LogP contribution in [0.2, 0.25) is 0 Å². The average Bonchev–Trinajstić information content (AvgIpc) is 2.82. The lowest BCUT2D eigenvalue weighted by Crippen LogP contribution is -2.49. The van der Waals surface area contributed by atoms with Crippen LogP contribution in [0.5, 0.6) is 0 Å². The molecule has 2 aromatic carbocycles. The molecule has 1 heterocycles. The Balaban J connectivity index is 1.44. The predicted octanol–water partition coefficient (Wildman–Crippen LogP) is 1.35. The van der Waals surface area contributed by atoms with Gasteiger partial charge in [-0.1, -0.05) is 0 Å². The smallest absolute Gasteiger partial charge is 0.251 e. The third-order valence-electron chi connectivity index (χ3n) is 5.58. The molecule has 1 aliphatic heterocycles. The van der Waals surface area contributed by atoms with Crippen molar-refractivity contribution in [1.82, 2.24) is 13.9 Å². The van der Waals surface area contributed by atoms with Gasteiger partial charge < -0.3 is 10.2 Å². The summed E-state index contributed by atoms with van der Waals surface area (Å²) in [5.41, 5.74) is 1.14. The summed E-state index contributed by atoms with van der Waals surface area (Å²) < 4.78 is 65.1. The van der Waals surface area contributed by atoms with E-state index in [4.69, 9.17) is 0 Å². The van der Waals surface area contributed by atoms with Crippen LogP contribution in [0.15, 0.2) is 53.4 Å². The van der Waals surface area contributed by atoms with Crippen LogP contribution < -0.4 is 10.2 Å². The van der Waals surface area contributed by atoms with Gasteiger partial charge in [-0.05, 0) is 55.0 Å². The lowest BCUT2D eigenvalue weighted by Gasteiger charge is -2.35. The van der Waals surface area contributed by atoms with Gasteiger partial charge in [-0.3, -0.25) is 4.79 Å². The Morgan fingerprint density at radius 1 is 0.941 bits per heavy atom. The van der Waals surface area contributed by atoms with Gasteiger partial charge in [0.15, 0.2) is 0 Å². The zero-order chi connectivity index (χ0) is 24.9. The van der Waals surface area contributed by atoms with Crippen molar-refractivity contribution in [1.29, 1.82) is 0 Å². The quantitative estimate of drug-likeness (QED) is 0.509. The Bertz CT molecular complexity index is 1190. The van der Waals surface area contributed by atoms with Crippen molar-refractivity contribution in [3.05, 3.63) is 59.9 Å². The van der Waals surface area contributed by atoms with E-state index in [1.165, 1.54) is 54.8 Å². The molecule has 0 aromatic heterocycles. The first-order chi connectivity index (χ1) is 16.0. The molecule has 1 amide bonds. The van der Waals surface area contributed by atoms with Gasteiger partial charge in [-0.2, -0.15) is 4.31 Å². The Hall–Kier alpha value is -2.54. The highest BCUT2D eigenvalue weighted by Crippen LogP contribution is 2.18. The largest absolute Gasteiger partial charge is 0.369 e. The Kier molecular flexibility index (Phi) is 8.29. The molecule has 1 fully saturated rings. The normalized spacial score (nSPS) is 15.5. The number of nitrogens with zero attached hydrogens (tertiary/aromatic N) is 3. The first-order valence-corrected chi connectivity index (χ1v) is 13.8. The molecule has 2 aromatic rings. The van der Waals surface area contributed by atoms with Crippen molar-refractivity contribution < 1.29 is 26.0 Å². The first-order valence-electron chi connectivity index (χ1n) is 10.8. The number of anilines is 1. The summed E-state index contributed by atoms with van der Waals surface area (Å²) in [4.78, 5) is 14.4. The topological polar surface area (TPSA) is 107 Å². The van der Waals surface area contributed by atoms with Gasteiger partial charge in [0.25, 0.3) is 5.91 Å². The number of rotatable bonds is 9. The SMILES string of the molecule is CN(C)S(=O)(=O)c1ccc(C(=O)NCCCS(=O)(=O)N2CCN(c3ccc(F)cc3)CC2)cc1. The number of hydrogen-bond acceptors (Lipinski definition) is 6. The molecule has 0 radical (unpaired) electrons. The number of benzene rings is 2. The van der Waals surface area contributed by atoms with Crippen LogP contribution in [0, 0.1) is 5.82 Å². The number of halogens is 1. The second kappa shape index (κ2) is 10.8. The zero-order valence-corrected chi connectivity index (χ0v) is 20.8. The number of nitrogens with one attached hydrogen (secondary N) is 1. The van der Waals surface area contributed by atoms with E-state index < -0.39 is 26.0 Å². The molecule has 0 atom stereocenters. The maximum Gasteiger partial charge on any atom is 0.251 e. The summed E-state index contributed by atoms with van der Waals surface area (Å²) in [6.07, 6.45) is 0.249. The zero-order valence-electron chi connectivity index (χ0n) is 19.1. The van der Waals surface area contributed by atoms with E-state index in [9.17, 15) is 26.0 Å². The highest BCUT2D eigenvalue weighted by atomic mass is 32.2. The van der Waals surface area contributed by atoms with E-state index in [1.807, 2.05) is 4.90 Å². The van der Waals surface area contributed by atoms with Crippen LogP contribution in [0.25, 0.3) is 0 Å². The van der Waals surface area contributed by atoms with Gasteiger partial charge in [0.05, 0.1) is 10.6 Å². The van der Waals surface area contributed by atoms with Gasteiger partial charge >= 0.3 is 0 Å². The van der Waals surface area contributed by atoms with E-state index in [0.29, 0.717) is 26.2 Å². The summed E-state index contributed by atoms with van der Waals surface area (Å²) >= 11 is 0. The van der Waals surface area contributed by atoms with Crippen molar-refractivity contribution >= 4 is 31.6 Å². The van der Waals surface area contributed by atoms with E-state index in [-0.39, 0.29) is 35.0 Å². The first kappa shape index (κ1) is 26.1. The van der Waals surface area contributed by atoms with Crippen LogP contribution in [0.4, 0.5) is 10.1 Å².